The molecular weight excluding hydrogens is 319 g/mol. The molecule has 6 heteroatoms. The van der Waals surface area contributed by atoms with Crippen LogP contribution in [0.5, 0.6) is 0 Å². The van der Waals surface area contributed by atoms with Crippen molar-refractivity contribution in [1.29, 1.82) is 0 Å². The first-order valence-corrected chi connectivity index (χ1v) is 7.96. The van der Waals surface area contributed by atoms with E-state index in [9.17, 15) is 0 Å². The number of anilines is 1. The van der Waals surface area contributed by atoms with Crippen molar-refractivity contribution in [3.8, 4) is 0 Å². The number of rotatable bonds is 4. The third-order valence-electron chi connectivity index (χ3n) is 4.03. The van der Waals surface area contributed by atoms with E-state index in [1.165, 1.54) is 0 Å². The maximum absolute atomic E-state index is 6.24. The van der Waals surface area contributed by atoms with Gasteiger partial charge in [-0.05, 0) is 31.7 Å². The SMILES string of the molecule is Cc1cc(N2CC(N(C)Cc3ccc(Cl)cc3Cl)C2)ncn1. The fourth-order valence-electron chi connectivity index (χ4n) is 2.58. The van der Waals surface area contributed by atoms with Crippen molar-refractivity contribution in [3.05, 3.63) is 51.9 Å². The van der Waals surface area contributed by atoms with E-state index >= 15 is 0 Å². The highest BCUT2D eigenvalue weighted by Gasteiger charge is 2.31. The van der Waals surface area contributed by atoms with Crippen LogP contribution in [-0.4, -0.2) is 41.0 Å². The summed E-state index contributed by atoms with van der Waals surface area (Å²) < 4.78 is 0. The van der Waals surface area contributed by atoms with Crippen molar-refractivity contribution < 1.29 is 0 Å². The molecule has 116 valence electrons. The van der Waals surface area contributed by atoms with Crippen molar-refractivity contribution in [3.63, 3.8) is 0 Å². The number of aromatic nitrogens is 2. The van der Waals surface area contributed by atoms with E-state index in [1.807, 2.05) is 25.1 Å². The van der Waals surface area contributed by atoms with E-state index in [1.54, 1.807) is 12.4 Å². The van der Waals surface area contributed by atoms with E-state index in [2.05, 4.69) is 26.8 Å². The highest BCUT2D eigenvalue weighted by atomic mass is 35.5. The molecule has 2 aromatic rings. The third kappa shape index (κ3) is 3.35. The van der Waals surface area contributed by atoms with Crippen molar-refractivity contribution >= 4 is 29.0 Å². The molecule has 0 bridgehead atoms. The fraction of sp³-hybridized carbons (Fsp3) is 0.375. The smallest absolute Gasteiger partial charge is 0.132 e. The Balaban J connectivity index is 1.58. The fourth-order valence-corrected chi connectivity index (χ4v) is 3.05. The van der Waals surface area contributed by atoms with Gasteiger partial charge in [0.15, 0.2) is 0 Å². The number of aryl methyl sites for hydroxylation is 1. The van der Waals surface area contributed by atoms with Crippen molar-refractivity contribution in [2.75, 3.05) is 25.0 Å². The molecule has 0 spiro atoms. The molecule has 0 unspecified atom stereocenters. The van der Waals surface area contributed by atoms with Gasteiger partial charge in [-0.25, -0.2) is 9.97 Å². The maximum atomic E-state index is 6.24. The van der Waals surface area contributed by atoms with Gasteiger partial charge in [0.1, 0.15) is 12.1 Å². The van der Waals surface area contributed by atoms with Crippen LogP contribution in [0.15, 0.2) is 30.6 Å². The van der Waals surface area contributed by atoms with Crippen molar-refractivity contribution in [2.45, 2.75) is 19.5 Å². The monoisotopic (exact) mass is 336 g/mol. The van der Waals surface area contributed by atoms with Crippen LogP contribution in [0.3, 0.4) is 0 Å². The Bertz CT molecular complexity index is 671. The second-order valence-corrected chi connectivity index (χ2v) is 6.57. The quantitative estimate of drug-likeness (QED) is 0.856. The first kappa shape index (κ1) is 15.5. The summed E-state index contributed by atoms with van der Waals surface area (Å²) in [6, 6.07) is 8.19. The second-order valence-electron chi connectivity index (χ2n) is 5.73. The van der Waals surface area contributed by atoms with Crippen LogP contribution in [-0.2, 0) is 6.54 Å². The lowest BCUT2D eigenvalue weighted by molar-refractivity contribution is 0.197. The molecule has 1 fully saturated rings. The molecule has 2 heterocycles. The highest BCUT2D eigenvalue weighted by molar-refractivity contribution is 6.35. The number of likely N-dealkylation sites (N-methyl/N-ethyl adjacent to an activating group) is 1. The van der Waals surface area contributed by atoms with Crippen molar-refractivity contribution in [2.24, 2.45) is 0 Å². The first-order valence-electron chi connectivity index (χ1n) is 7.20. The lowest BCUT2D eigenvalue weighted by Gasteiger charge is -2.44. The van der Waals surface area contributed by atoms with E-state index in [-0.39, 0.29) is 0 Å². The van der Waals surface area contributed by atoms with Gasteiger partial charge in [-0.2, -0.15) is 0 Å². The van der Waals surface area contributed by atoms with Crippen LogP contribution in [0.4, 0.5) is 5.82 Å². The van der Waals surface area contributed by atoms with E-state index < -0.39 is 0 Å². The van der Waals surface area contributed by atoms with Gasteiger partial charge in [-0.3, -0.25) is 4.90 Å². The molecule has 0 aliphatic carbocycles. The predicted octanol–water partition coefficient (Wildman–Crippen LogP) is 3.41. The van der Waals surface area contributed by atoms with Crippen LogP contribution in [0.25, 0.3) is 0 Å². The predicted molar refractivity (Wildman–Crippen MR) is 90.7 cm³/mol. The molecule has 0 radical (unpaired) electrons. The Labute approximate surface area is 140 Å². The Kier molecular flexibility index (Phi) is 4.52. The molecule has 1 aromatic carbocycles. The van der Waals surface area contributed by atoms with Crippen LogP contribution in [0, 0.1) is 6.92 Å². The number of hydrogen-bond acceptors (Lipinski definition) is 4. The average molecular weight is 337 g/mol. The van der Waals surface area contributed by atoms with Gasteiger partial charge in [0, 0.05) is 47.5 Å². The second kappa shape index (κ2) is 6.41. The van der Waals surface area contributed by atoms with E-state index in [4.69, 9.17) is 23.2 Å². The molecule has 0 atom stereocenters. The number of hydrogen-bond donors (Lipinski definition) is 0. The minimum Gasteiger partial charge on any atom is -0.353 e. The summed E-state index contributed by atoms with van der Waals surface area (Å²) in [5, 5.41) is 1.40. The molecule has 1 aliphatic heterocycles. The molecule has 1 aromatic heterocycles. The Hall–Kier alpha value is -1.36. The topological polar surface area (TPSA) is 32.3 Å². The lowest BCUT2D eigenvalue weighted by atomic mass is 10.1. The molecule has 4 nitrogen and oxygen atoms in total. The van der Waals surface area contributed by atoms with Crippen LogP contribution < -0.4 is 4.90 Å². The standard InChI is InChI=1S/C16H18Cl2N4/c1-11-5-16(20-10-19-11)22-8-14(9-22)21(2)7-12-3-4-13(17)6-15(12)18/h3-6,10,14H,7-9H2,1-2H3. The third-order valence-corrected chi connectivity index (χ3v) is 4.62. The number of benzene rings is 1. The highest BCUT2D eigenvalue weighted by Crippen LogP contribution is 2.25. The summed E-state index contributed by atoms with van der Waals surface area (Å²) in [6.45, 7) is 4.74. The molecule has 0 saturated carbocycles. The van der Waals surface area contributed by atoms with E-state index in [0.29, 0.717) is 11.1 Å². The van der Waals surface area contributed by atoms with Crippen LogP contribution in [0.2, 0.25) is 10.0 Å². The van der Waals surface area contributed by atoms with Gasteiger partial charge in [0.25, 0.3) is 0 Å². The zero-order valence-electron chi connectivity index (χ0n) is 12.6. The summed E-state index contributed by atoms with van der Waals surface area (Å²) in [6.07, 6.45) is 1.62. The summed E-state index contributed by atoms with van der Waals surface area (Å²) in [5.74, 6) is 1.00. The molecular formula is C16H18Cl2N4. The largest absolute Gasteiger partial charge is 0.353 e. The number of halogens is 2. The van der Waals surface area contributed by atoms with Gasteiger partial charge in [0.05, 0.1) is 0 Å². The van der Waals surface area contributed by atoms with Gasteiger partial charge in [-0.15, -0.1) is 0 Å². The summed E-state index contributed by atoms with van der Waals surface area (Å²) >= 11 is 12.2. The zero-order valence-corrected chi connectivity index (χ0v) is 14.1. The summed E-state index contributed by atoms with van der Waals surface area (Å²) in [7, 11) is 2.12. The molecule has 0 N–H and O–H groups in total. The maximum Gasteiger partial charge on any atom is 0.132 e. The Morgan fingerprint density at radius 1 is 1.23 bits per heavy atom. The van der Waals surface area contributed by atoms with Gasteiger partial charge >= 0.3 is 0 Å². The minimum atomic E-state index is 0.502. The molecule has 0 amide bonds. The van der Waals surface area contributed by atoms with Crippen LogP contribution >= 0.6 is 23.2 Å². The average Bonchev–Trinajstić information content (AvgIpc) is 2.40. The van der Waals surface area contributed by atoms with Crippen LogP contribution in [0.1, 0.15) is 11.3 Å². The zero-order chi connectivity index (χ0) is 15.7. The number of nitrogens with zero attached hydrogens (tertiary/aromatic N) is 4. The Morgan fingerprint density at radius 2 is 2.00 bits per heavy atom. The summed E-state index contributed by atoms with van der Waals surface area (Å²) in [5.41, 5.74) is 2.10. The first-order chi connectivity index (χ1) is 10.5. The normalized spacial score (nSPS) is 15.2. The lowest BCUT2D eigenvalue weighted by Crippen LogP contribution is -2.58. The Morgan fingerprint density at radius 3 is 2.68 bits per heavy atom. The van der Waals surface area contributed by atoms with Gasteiger partial charge in [-0.1, -0.05) is 29.3 Å². The summed E-state index contributed by atoms with van der Waals surface area (Å²) in [4.78, 5) is 13.0. The molecule has 3 rings (SSSR count). The molecule has 1 saturated heterocycles. The van der Waals surface area contributed by atoms with E-state index in [0.717, 1.165) is 41.7 Å². The van der Waals surface area contributed by atoms with Gasteiger partial charge in [0.2, 0.25) is 0 Å². The molecule has 22 heavy (non-hydrogen) atoms. The van der Waals surface area contributed by atoms with Gasteiger partial charge < -0.3 is 4.90 Å². The minimum absolute atomic E-state index is 0.502. The van der Waals surface area contributed by atoms with Crippen molar-refractivity contribution in [1.82, 2.24) is 14.9 Å². The molecule has 1 aliphatic rings.